The van der Waals surface area contributed by atoms with Crippen molar-refractivity contribution >= 4 is 23.7 Å². The maximum absolute atomic E-state index is 12.0. The molecule has 0 heterocycles. The first kappa shape index (κ1) is 15.4. The Bertz CT molecular complexity index is 572. The highest BCUT2D eigenvalue weighted by Crippen LogP contribution is 2.49. The van der Waals surface area contributed by atoms with E-state index in [9.17, 15) is 4.79 Å². The molecule has 3 rings (SSSR count). The van der Waals surface area contributed by atoms with Gasteiger partial charge in [0.2, 0.25) is 0 Å². The maximum Gasteiger partial charge on any atom is 0.318 e. The van der Waals surface area contributed by atoms with Crippen LogP contribution in [0.3, 0.4) is 0 Å². The lowest BCUT2D eigenvalue weighted by Crippen LogP contribution is -2.43. The fourth-order valence-corrected chi connectivity index (χ4v) is 4.28. The molecule has 0 spiro atoms. The third-order valence-corrected chi connectivity index (χ3v) is 5.52. The van der Waals surface area contributed by atoms with E-state index < -0.39 is 0 Å². The summed E-state index contributed by atoms with van der Waals surface area (Å²) in [4.78, 5) is 12.0. The van der Waals surface area contributed by atoms with E-state index in [-0.39, 0.29) is 12.1 Å². The second-order valence-electron chi connectivity index (χ2n) is 6.60. The molecule has 4 unspecified atom stereocenters. The highest BCUT2D eigenvalue weighted by atomic mass is 35.5. The van der Waals surface area contributed by atoms with Crippen LogP contribution in [-0.4, -0.2) is 12.1 Å². The number of urea groups is 1. The molecule has 0 radical (unpaired) electrons. The lowest BCUT2D eigenvalue weighted by atomic mass is 9.84. The molecular formula is C18H23ClN2O. The van der Waals surface area contributed by atoms with Crippen molar-refractivity contribution in [1.82, 2.24) is 10.6 Å². The molecule has 1 aromatic carbocycles. The van der Waals surface area contributed by atoms with Crippen molar-refractivity contribution in [2.75, 3.05) is 0 Å². The molecule has 2 saturated carbocycles. The van der Waals surface area contributed by atoms with Gasteiger partial charge in [-0.2, -0.15) is 0 Å². The van der Waals surface area contributed by atoms with Gasteiger partial charge in [-0.3, -0.25) is 0 Å². The van der Waals surface area contributed by atoms with E-state index in [1.807, 2.05) is 30.3 Å². The predicted molar refractivity (Wildman–Crippen MR) is 90.6 cm³/mol. The van der Waals surface area contributed by atoms with Crippen molar-refractivity contribution in [1.29, 1.82) is 0 Å². The normalized spacial score (nSPS) is 28.0. The number of fused-ring (bicyclic) bond motifs is 2. The Hall–Kier alpha value is -1.48. The topological polar surface area (TPSA) is 41.1 Å². The van der Waals surface area contributed by atoms with Gasteiger partial charge in [0.15, 0.2) is 0 Å². The molecule has 2 aliphatic carbocycles. The average molecular weight is 319 g/mol. The van der Waals surface area contributed by atoms with Crippen molar-refractivity contribution in [3.8, 4) is 0 Å². The Morgan fingerprint density at radius 1 is 1.32 bits per heavy atom. The predicted octanol–water partition coefficient (Wildman–Crippen LogP) is 4.43. The lowest BCUT2D eigenvalue weighted by molar-refractivity contribution is 0.223. The van der Waals surface area contributed by atoms with Crippen molar-refractivity contribution in [3.05, 3.63) is 41.1 Å². The van der Waals surface area contributed by atoms with Crippen LogP contribution < -0.4 is 10.6 Å². The first-order valence-electron chi connectivity index (χ1n) is 8.11. The molecular weight excluding hydrogens is 296 g/mol. The van der Waals surface area contributed by atoms with Crippen LogP contribution in [0, 0.1) is 17.8 Å². The zero-order chi connectivity index (χ0) is 15.5. The Morgan fingerprint density at radius 3 is 2.82 bits per heavy atom. The fraction of sp³-hybridized carbons (Fsp3) is 0.500. The lowest BCUT2D eigenvalue weighted by Gasteiger charge is -2.28. The molecule has 2 bridgehead atoms. The molecule has 2 N–H and O–H groups in total. The van der Waals surface area contributed by atoms with E-state index in [2.05, 4.69) is 17.6 Å². The molecule has 118 valence electrons. The number of carbonyl (C=O) groups excluding carboxylic acids is 1. The van der Waals surface area contributed by atoms with E-state index in [1.165, 1.54) is 25.7 Å². The summed E-state index contributed by atoms with van der Waals surface area (Å²) in [6.45, 7) is 2.13. The Kier molecular flexibility index (Phi) is 4.72. The van der Waals surface area contributed by atoms with Crippen LogP contribution in [0.25, 0.3) is 6.08 Å². The minimum Gasteiger partial charge on any atom is -0.335 e. The van der Waals surface area contributed by atoms with Crippen molar-refractivity contribution in [2.45, 2.75) is 38.6 Å². The second-order valence-corrected chi connectivity index (χ2v) is 7.01. The summed E-state index contributed by atoms with van der Waals surface area (Å²) in [6.07, 6.45) is 8.83. The second kappa shape index (κ2) is 6.74. The van der Waals surface area contributed by atoms with Crippen LogP contribution in [0.1, 0.15) is 38.2 Å². The van der Waals surface area contributed by atoms with Crippen LogP contribution in [0.15, 0.2) is 30.5 Å². The minimum atomic E-state index is -0.140. The standard InChI is InChI=1S/C18H23ClN2O/c1-12(16-11-13-6-7-15(16)10-13)21-18(22)20-9-8-14-4-2-3-5-17(14)19/h2-5,8-9,12-13,15-16H,6-7,10-11H2,1H3,(H2,20,21,22)/b9-8+. The molecule has 4 heteroatoms. The summed E-state index contributed by atoms with van der Waals surface area (Å²) >= 11 is 6.07. The Labute approximate surface area is 137 Å². The van der Waals surface area contributed by atoms with Gasteiger partial charge in [0.05, 0.1) is 0 Å². The minimum absolute atomic E-state index is 0.140. The molecule has 4 atom stereocenters. The molecule has 2 fully saturated rings. The Balaban J connectivity index is 1.47. The summed E-state index contributed by atoms with van der Waals surface area (Å²) in [7, 11) is 0. The fourth-order valence-electron chi connectivity index (χ4n) is 4.08. The first-order valence-corrected chi connectivity index (χ1v) is 8.49. The average Bonchev–Trinajstić information content (AvgIpc) is 3.12. The van der Waals surface area contributed by atoms with Gasteiger partial charge in [-0.15, -0.1) is 0 Å². The number of amides is 2. The zero-order valence-corrected chi connectivity index (χ0v) is 13.6. The summed E-state index contributed by atoms with van der Waals surface area (Å²) in [5.74, 6) is 2.37. The van der Waals surface area contributed by atoms with Crippen molar-refractivity contribution < 1.29 is 4.79 Å². The van der Waals surface area contributed by atoms with Gasteiger partial charge in [0.25, 0.3) is 0 Å². The SMILES string of the molecule is CC(NC(=O)N/C=C/c1ccccc1Cl)C1CC2CCC1C2. The molecule has 0 aliphatic heterocycles. The van der Waals surface area contributed by atoms with Gasteiger partial charge in [0.1, 0.15) is 0 Å². The molecule has 2 aliphatic rings. The van der Waals surface area contributed by atoms with E-state index in [0.29, 0.717) is 10.9 Å². The number of rotatable bonds is 4. The number of carbonyl (C=O) groups is 1. The smallest absolute Gasteiger partial charge is 0.318 e. The Morgan fingerprint density at radius 2 is 2.14 bits per heavy atom. The largest absolute Gasteiger partial charge is 0.335 e. The van der Waals surface area contributed by atoms with Gasteiger partial charge in [-0.05, 0) is 61.6 Å². The highest BCUT2D eigenvalue weighted by Gasteiger charge is 2.42. The van der Waals surface area contributed by atoms with Crippen LogP contribution >= 0.6 is 11.6 Å². The number of hydrogen-bond acceptors (Lipinski definition) is 1. The summed E-state index contributed by atoms with van der Waals surface area (Å²) in [5.41, 5.74) is 0.894. The molecule has 3 nitrogen and oxygen atoms in total. The molecule has 1 aromatic rings. The number of nitrogens with one attached hydrogen (secondary N) is 2. The molecule has 0 aromatic heterocycles. The van der Waals surface area contributed by atoms with Gasteiger partial charge < -0.3 is 10.6 Å². The maximum atomic E-state index is 12.0. The number of hydrogen-bond donors (Lipinski definition) is 2. The van der Waals surface area contributed by atoms with Gasteiger partial charge >= 0.3 is 6.03 Å². The van der Waals surface area contributed by atoms with Crippen molar-refractivity contribution in [3.63, 3.8) is 0 Å². The van der Waals surface area contributed by atoms with Crippen molar-refractivity contribution in [2.24, 2.45) is 17.8 Å². The number of benzene rings is 1. The van der Waals surface area contributed by atoms with Gasteiger partial charge in [0, 0.05) is 17.3 Å². The zero-order valence-electron chi connectivity index (χ0n) is 12.9. The molecule has 2 amide bonds. The van der Waals surface area contributed by atoms with Gasteiger partial charge in [-0.25, -0.2) is 4.79 Å². The van der Waals surface area contributed by atoms with E-state index >= 15 is 0 Å². The number of halogens is 1. The third kappa shape index (κ3) is 3.46. The van der Waals surface area contributed by atoms with E-state index in [1.54, 1.807) is 6.20 Å². The highest BCUT2D eigenvalue weighted by molar-refractivity contribution is 6.32. The van der Waals surface area contributed by atoms with Crippen LogP contribution in [-0.2, 0) is 0 Å². The van der Waals surface area contributed by atoms with E-state index in [0.717, 1.165) is 17.4 Å². The summed E-state index contributed by atoms with van der Waals surface area (Å²) in [6, 6.07) is 7.65. The van der Waals surface area contributed by atoms with Gasteiger partial charge in [-0.1, -0.05) is 36.2 Å². The first-order chi connectivity index (χ1) is 10.6. The summed E-state index contributed by atoms with van der Waals surface area (Å²) in [5, 5.41) is 6.52. The monoisotopic (exact) mass is 318 g/mol. The summed E-state index contributed by atoms with van der Waals surface area (Å²) < 4.78 is 0. The molecule has 22 heavy (non-hydrogen) atoms. The third-order valence-electron chi connectivity index (χ3n) is 5.18. The van der Waals surface area contributed by atoms with E-state index in [4.69, 9.17) is 11.6 Å². The van der Waals surface area contributed by atoms with Crippen LogP contribution in [0.4, 0.5) is 4.79 Å². The molecule has 0 saturated heterocycles. The van der Waals surface area contributed by atoms with Crippen LogP contribution in [0.2, 0.25) is 5.02 Å². The van der Waals surface area contributed by atoms with Crippen LogP contribution in [0.5, 0.6) is 0 Å². The quantitative estimate of drug-likeness (QED) is 0.847.